The summed E-state index contributed by atoms with van der Waals surface area (Å²) in [6.07, 6.45) is 1.26. The lowest BCUT2D eigenvalue weighted by Gasteiger charge is -2.29. The second kappa shape index (κ2) is 7.96. The maximum atomic E-state index is 12.9. The third kappa shape index (κ3) is 4.06. The Bertz CT molecular complexity index is 1260. The summed E-state index contributed by atoms with van der Waals surface area (Å²) < 4.78 is 30.7. The molecule has 0 saturated carbocycles. The van der Waals surface area contributed by atoms with Crippen molar-refractivity contribution in [1.29, 1.82) is 0 Å². The Labute approximate surface area is 182 Å². The molecule has 1 saturated heterocycles. The molecule has 0 radical (unpaired) electrons. The number of amides is 1. The Morgan fingerprint density at radius 2 is 2.03 bits per heavy atom. The number of aromatic nitrogens is 1. The number of nitrogens with zero attached hydrogens (tertiary/aromatic N) is 3. The fourth-order valence-corrected chi connectivity index (χ4v) is 7.74. The molecule has 0 bridgehead atoms. The van der Waals surface area contributed by atoms with Crippen molar-refractivity contribution < 1.29 is 13.2 Å². The van der Waals surface area contributed by atoms with Crippen LogP contribution < -0.4 is 4.80 Å². The number of fused-ring (bicyclic) bond motifs is 1. The highest BCUT2D eigenvalue weighted by Crippen LogP contribution is 2.31. The topological polar surface area (TPSA) is 71.7 Å². The summed E-state index contributed by atoms with van der Waals surface area (Å²) in [6.45, 7) is 2.57. The Balaban J connectivity index is 1.60. The van der Waals surface area contributed by atoms with Crippen LogP contribution in [0, 0.1) is 12.8 Å². The van der Waals surface area contributed by atoms with Gasteiger partial charge in [0.1, 0.15) is 4.21 Å². The van der Waals surface area contributed by atoms with Gasteiger partial charge in [-0.2, -0.15) is 9.30 Å². The first-order valence-corrected chi connectivity index (χ1v) is 12.6. The van der Waals surface area contributed by atoms with Crippen molar-refractivity contribution in [2.75, 3.05) is 13.1 Å². The second-order valence-corrected chi connectivity index (χ2v) is 12.0. The van der Waals surface area contributed by atoms with E-state index in [9.17, 15) is 13.2 Å². The van der Waals surface area contributed by atoms with Gasteiger partial charge in [-0.25, -0.2) is 8.42 Å². The van der Waals surface area contributed by atoms with E-state index in [2.05, 4.69) is 11.1 Å². The molecular weight excluding hydrogens is 450 g/mol. The monoisotopic (exact) mass is 469 g/mol. The summed E-state index contributed by atoms with van der Waals surface area (Å²) in [7, 11) is -1.76. The second-order valence-electron chi connectivity index (χ2n) is 7.13. The molecule has 1 unspecified atom stereocenters. The SMILES string of the molecule is Cc1ccc2c(c1)sc(=NC(=O)C1CCCN(S(=O)(=O)c3ccc(Cl)s3)C1)n2C. The van der Waals surface area contributed by atoms with Gasteiger partial charge < -0.3 is 4.57 Å². The molecule has 10 heteroatoms. The predicted octanol–water partition coefficient (Wildman–Crippen LogP) is 3.79. The summed E-state index contributed by atoms with van der Waals surface area (Å²) in [5.74, 6) is -0.714. The van der Waals surface area contributed by atoms with Crippen LogP contribution in [0.25, 0.3) is 10.2 Å². The van der Waals surface area contributed by atoms with E-state index in [1.54, 1.807) is 6.07 Å². The minimum absolute atomic E-state index is 0.147. The zero-order chi connectivity index (χ0) is 20.8. The van der Waals surface area contributed by atoms with Crippen molar-refractivity contribution in [3.63, 3.8) is 0 Å². The molecule has 154 valence electrons. The summed E-state index contributed by atoms with van der Waals surface area (Å²) in [5, 5.41) is 0. The zero-order valence-corrected chi connectivity index (χ0v) is 19.2. The van der Waals surface area contributed by atoms with Crippen LogP contribution in [0.3, 0.4) is 0 Å². The number of piperidine rings is 1. The highest BCUT2D eigenvalue weighted by Gasteiger charge is 2.34. The van der Waals surface area contributed by atoms with Gasteiger partial charge in [0.25, 0.3) is 15.9 Å². The van der Waals surface area contributed by atoms with Gasteiger partial charge in [0.2, 0.25) is 0 Å². The molecule has 1 aliphatic heterocycles. The molecule has 1 aromatic carbocycles. The molecule has 1 aliphatic rings. The average Bonchev–Trinajstić information content (AvgIpc) is 3.26. The number of sulfonamides is 1. The van der Waals surface area contributed by atoms with Crippen LogP contribution in [0.5, 0.6) is 0 Å². The summed E-state index contributed by atoms with van der Waals surface area (Å²) in [6, 6.07) is 9.21. The van der Waals surface area contributed by atoms with Crippen LogP contribution >= 0.6 is 34.3 Å². The molecule has 3 heterocycles. The van der Waals surface area contributed by atoms with Crippen molar-refractivity contribution >= 4 is 60.4 Å². The van der Waals surface area contributed by atoms with E-state index in [0.717, 1.165) is 27.1 Å². The first-order valence-electron chi connectivity index (χ1n) is 9.16. The summed E-state index contributed by atoms with van der Waals surface area (Å²) in [4.78, 5) is 17.8. The Kier molecular flexibility index (Phi) is 5.69. The number of halogens is 1. The molecule has 4 rings (SSSR count). The molecule has 0 N–H and O–H groups in total. The molecule has 2 aromatic heterocycles. The van der Waals surface area contributed by atoms with E-state index in [-0.39, 0.29) is 16.7 Å². The highest BCUT2D eigenvalue weighted by molar-refractivity contribution is 7.91. The van der Waals surface area contributed by atoms with Crippen molar-refractivity contribution in [2.24, 2.45) is 18.0 Å². The molecule has 29 heavy (non-hydrogen) atoms. The highest BCUT2D eigenvalue weighted by atomic mass is 35.5. The van der Waals surface area contributed by atoms with E-state index in [4.69, 9.17) is 11.6 Å². The van der Waals surface area contributed by atoms with Gasteiger partial charge in [0.05, 0.1) is 20.5 Å². The third-order valence-electron chi connectivity index (χ3n) is 5.05. The largest absolute Gasteiger partial charge is 0.319 e. The molecule has 0 spiro atoms. The maximum absolute atomic E-state index is 12.9. The van der Waals surface area contributed by atoms with Crippen molar-refractivity contribution in [3.8, 4) is 0 Å². The van der Waals surface area contributed by atoms with Gasteiger partial charge >= 0.3 is 0 Å². The summed E-state index contributed by atoms with van der Waals surface area (Å²) in [5.41, 5.74) is 2.17. The minimum Gasteiger partial charge on any atom is -0.319 e. The van der Waals surface area contributed by atoms with Crippen LogP contribution in [-0.2, 0) is 21.9 Å². The minimum atomic E-state index is -3.64. The molecule has 6 nitrogen and oxygen atoms in total. The lowest BCUT2D eigenvalue weighted by atomic mass is 9.99. The van der Waals surface area contributed by atoms with Crippen LogP contribution in [0.15, 0.2) is 39.5 Å². The molecule has 1 fully saturated rings. The van der Waals surface area contributed by atoms with Crippen molar-refractivity contribution in [1.82, 2.24) is 8.87 Å². The van der Waals surface area contributed by atoms with Gasteiger partial charge in [-0.15, -0.1) is 11.3 Å². The smallest absolute Gasteiger partial charge is 0.252 e. The van der Waals surface area contributed by atoms with Crippen LogP contribution in [0.2, 0.25) is 4.34 Å². The van der Waals surface area contributed by atoms with E-state index < -0.39 is 15.9 Å². The number of thiazole rings is 1. The van der Waals surface area contributed by atoms with Crippen molar-refractivity contribution in [3.05, 3.63) is 45.0 Å². The number of hydrogen-bond acceptors (Lipinski definition) is 5. The van der Waals surface area contributed by atoms with E-state index in [0.29, 0.717) is 28.5 Å². The number of rotatable bonds is 3. The molecular formula is C19H20ClN3O3S3. The first-order chi connectivity index (χ1) is 13.8. The van der Waals surface area contributed by atoms with Gasteiger partial charge in [0.15, 0.2) is 4.80 Å². The number of hydrogen-bond donors (Lipinski definition) is 0. The quantitative estimate of drug-likeness (QED) is 0.585. The fourth-order valence-electron chi connectivity index (χ4n) is 3.46. The van der Waals surface area contributed by atoms with E-state index >= 15 is 0 Å². The van der Waals surface area contributed by atoms with Crippen LogP contribution in [0.4, 0.5) is 0 Å². The van der Waals surface area contributed by atoms with E-state index in [1.807, 2.05) is 30.7 Å². The number of carbonyl (C=O) groups is 1. The van der Waals surface area contributed by atoms with Gasteiger partial charge in [-0.3, -0.25) is 4.79 Å². The standard InChI is InChI=1S/C19H20ClN3O3S3/c1-12-5-6-14-15(10-12)27-19(22(14)2)21-18(24)13-4-3-9-23(11-13)29(25,26)17-8-7-16(20)28-17/h5-8,10,13H,3-4,9,11H2,1-2H3. The zero-order valence-electron chi connectivity index (χ0n) is 16.0. The normalized spacial score (nSPS) is 19.1. The predicted molar refractivity (Wildman–Crippen MR) is 117 cm³/mol. The Hall–Kier alpha value is -1.52. The fraction of sp³-hybridized carbons (Fsp3) is 0.368. The maximum Gasteiger partial charge on any atom is 0.252 e. The molecule has 1 atom stereocenters. The lowest BCUT2D eigenvalue weighted by Crippen LogP contribution is -2.42. The number of benzene rings is 1. The van der Waals surface area contributed by atoms with Crippen LogP contribution in [0.1, 0.15) is 18.4 Å². The van der Waals surface area contributed by atoms with Crippen LogP contribution in [-0.4, -0.2) is 36.3 Å². The van der Waals surface area contributed by atoms with Crippen molar-refractivity contribution in [2.45, 2.75) is 24.0 Å². The number of carbonyl (C=O) groups excluding carboxylic acids is 1. The number of aryl methyl sites for hydroxylation is 2. The Morgan fingerprint density at radius 1 is 1.24 bits per heavy atom. The van der Waals surface area contributed by atoms with Gasteiger partial charge in [0, 0.05) is 20.1 Å². The Morgan fingerprint density at radius 3 is 2.76 bits per heavy atom. The molecule has 0 aliphatic carbocycles. The third-order valence-corrected chi connectivity index (χ3v) is 9.71. The molecule has 3 aromatic rings. The van der Waals surface area contributed by atoms with Gasteiger partial charge in [-0.05, 0) is 49.6 Å². The first kappa shape index (κ1) is 20.7. The lowest BCUT2D eigenvalue weighted by molar-refractivity contribution is -0.122. The summed E-state index contributed by atoms with van der Waals surface area (Å²) >= 11 is 8.40. The van der Waals surface area contributed by atoms with Gasteiger partial charge in [-0.1, -0.05) is 29.0 Å². The average molecular weight is 470 g/mol. The number of thiophene rings is 1. The molecule has 1 amide bonds. The van der Waals surface area contributed by atoms with E-state index in [1.165, 1.54) is 21.7 Å².